The summed E-state index contributed by atoms with van der Waals surface area (Å²) >= 11 is 0. The number of aromatic nitrogens is 3. The van der Waals surface area contributed by atoms with E-state index in [1.165, 1.54) is 0 Å². The smallest absolute Gasteiger partial charge is 0.423 e. The Kier molecular flexibility index (Phi) is 5.00. The molecule has 5 aromatic rings. The van der Waals surface area contributed by atoms with Crippen LogP contribution in [0.4, 0.5) is 0 Å². The Bertz CT molecular complexity index is 1300. The Morgan fingerprint density at radius 2 is 1.00 bits per heavy atom. The second-order valence-electron chi connectivity index (χ2n) is 7.20. The molecule has 5 rings (SSSR count). The Hall–Kier alpha value is -3.87. The van der Waals surface area contributed by atoms with E-state index in [2.05, 4.69) is 0 Å². The van der Waals surface area contributed by atoms with Crippen LogP contribution in [0.2, 0.25) is 0 Å². The van der Waals surface area contributed by atoms with Gasteiger partial charge in [0.05, 0.1) is 0 Å². The molecule has 4 aromatic carbocycles. The largest absolute Gasteiger partial charge is 0.489 e. The van der Waals surface area contributed by atoms with Gasteiger partial charge in [-0.25, -0.2) is 15.0 Å². The second kappa shape index (κ2) is 8.10. The van der Waals surface area contributed by atoms with Crippen LogP contribution in [-0.2, 0) is 0 Å². The molecule has 0 saturated heterocycles. The Morgan fingerprint density at radius 1 is 0.516 bits per heavy atom. The van der Waals surface area contributed by atoms with E-state index in [1.807, 2.05) is 91.0 Å². The van der Waals surface area contributed by atoms with Gasteiger partial charge in [0.15, 0.2) is 17.5 Å². The van der Waals surface area contributed by atoms with Gasteiger partial charge >= 0.3 is 7.12 Å². The first-order valence-corrected chi connectivity index (χ1v) is 9.95. The van der Waals surface area contributed by atoms with Gasteiger partial charge in [-0.1, -0.05) is 91.0 Å². The highest BCUT2D eigenvalue weighted by molar-refractivity contribution is 6.62. The van der Waals surface area contributed by atoms with Crippen molar-refractivity contribution in [3.05, 3.63) is 97.1 Å². The third-order valence-electron chi connectivity index (χ3n) is 5.13. The van der Waals surface area contributed by atoms with Gasteiger partial charge in [-0.3, -0.25) is 0 Å². The van der Waals surface area contributed by atoms with Gasteiger partial charge in [0.1, 0.15) is 0 Å². The van der Waals surface area contributed by atoms with Gasteiger partial charge in [-0.05, 0) is 22.3 Å². The van der Waals surface area contributed by atoms with Crippen LogP contribution in [0.5, 0.6) is 0 Å². The molecule has 0 aliphatic rings. The molecule has 0 saturated carbocycles. The van der Waals surface area contributed by atoms with Gasteiger partial charge in [-0.2, -0.15) is 0 Å². The van der Waals surface area contributed by atoms with Crippen LogP contribution in [0.25, 0.3) is 44.9 Å². The molecule has 31 heavy (non-hydrogen) atoms. The van der Waals surface area contributed by atoms with E-state index < -0.39 is 7.12 Å². The summed E-state index contributed by atoms with van der Waals surface area (Å²) in [7, 11) is -1.60. The zero-order chi connectivity index (χ0) is 21.2. The van der Waals surface area contributed by atoms with Crippen molar-refractivity contribution in [1.29, 1.82) is 0 Å². The summed E-state index contributed by atoms with van der Waals surface area (Å²) in [6.45, 7) is 0. The van der Waals surface area contributed by atoms with Crippen molar-refractivity contribution < 1.29 is 10.0 Å². The highest BCUT2D eigenvalue weighted by Gasteiger charge is 2.18. The van der Waals surface area contributed by atoms with E-state index >= 15 is 0 Å². The van der Waals surface area contributed by atoms with E-state index in [0.29, 0.717) is 28.5 Å². The Balaban J connectivity index is 1.76. The van der Waals surface area contributed by atoms with Crippen LogP contribution in [0.15, 0.2) is 97.1 Å². The normalized spacial score (nSPS) is 10.9. The van der Waals surface area contributed by atoms with Crippen LogP contribution >= 0.6 is 0 Å². The van der Waals surface area contributed by atoms with Crippen LogP contribution in [0.1, 0.15) is 0 Å². The Labute approximate surface area is 179 Å². The van der Waals surface area contributed by atoms with Gasteiger partial charge in [-0.15, -0.1) is 0 Å². The molecule has 0 atom stereocenters. The summed E-state index contributed by atoms with van der Waals surface area (Å²) in [5.74, 6) is 1.59. The topological polar surface area (TPSA) is 79.1 Å². The van der Waals surface area contributed by atoms with Crippen LogP contribution in [0.3, 0.4) is 0 Å². The lowest BCUT2D eigenvalue weighted by Gasteiger charge is -2.11. The van der Waals surface area contributed by atoms with Crippen molar-refractivity contribution in [3.8, 4) is 34.2 Å². The second-order valence-corrected chi connectivity index (χ2v) is 7.20. The maximum absolute atomic E-state index is 9.96. The lowest BCUT2D eigenvalue weighted by molar-refractivity contribution is 0.426. The summed E-state index contributed by atoms with van der Waals surface area (Å²) in [5.41, 5.74) is 2.87. The van der Waals surface area contributed by atoms with E-state index in [-0.39, 0.29) is 0 Å². The first kappa shape index (κ1) is 19.1. The van der Waals surface area contributed by atoms with Gasteiger partial charge in [0, 0.05) is 16.7 Å². The van der Waals surface area contributed by atoms with Crippen molar-refractivity contribution in [1.82, 2.24) is 15.0 Å². The number of hydrogen-bond acceptors (Lipinski definition) is 5. The quantitative estimate of drug-likeness (QED) is 0.448. The SMILES string of the molecule is OB(O)c1cc(-c2nc(-c3ccccc3)nc(-c3ccccc3)n2)cc2ccccc12. The third-order valence-corrected chi connectivity index (χ3v) is 5.13. The van der Waals surface area contributed by atoms with Gasteiger partial charge < -0.3 is 10.0 Å². The molecule has 148 valence electrons. The molecule has 0 amide bonds. The summed E-state index contributed by atoms with van der Waals surface area (Å²) in [6, 6.07) is 30.8. The minimum absolute atomic E-state index is 0.413. The standard InChI is InChI=1S/C25H18BN3O2/c30-26(31)22-16-20(15-19-13-7-8-14-21(19)22)25-28-23(17-9-3-1-4-10-17)27-24(29-25)18-11-5-2-6-12-18/h1-16,30-31H. The first-order chi connectivity index (χ1) is 15.2. The molecule has 5 nitrogen and oxygen atoms in total. The number of fused-ring (bicyclic) bond motifs is 1. The van der Waals surface area contributed by atoms with Crippen LogP contribution in [-0.4, -0.2) is 32.1 Å². The van der Waals surface area contributed by atoms with Crippen molar-refractivity contribution in [2.75, 3.05) is 0 Å². The van der Waals surface area contributed by atoms with Crippen molar-refractivity contribution in [2.45, 2.75) is 0 Å². The van der Waals surface area contributed by atoms with Crippen molar-refractivity contribution in [2.24, 2.45) is 0 Å². The average molecular weight is 403 g/mol. The third kappa shape index (κ3) is 3.82. The maximum Gasteiger partial charge on any atom is 0.489 e. The minimum Gasteiger partial charge on any atom is -0.423 e. The highest BCUT2D eigenvalue weighted by Crippen LogP contribution is 2.26. The molecule has 6 heteroatoms. The van der Waals surface area contributed by atoms with E-state index in [1.54, 1.807) is 6.07 Å². The molecule has 0 unspecified atom stereocenters. The predicted octanol–water partition coefficient (Wildman–Crippen LogP) is 3.71. The fourth-order valence-corrected chi connectivity index (χ4v) is 3.62. The average Bonchev–Trinajstić information content (AvgIpc) is 2.84. The van der Waals surface area contributed by atoms with Crippen LogP contribution in [0, 0.1) is 0 Å². The number of hydrogen-bond donors (Lipinski definition) is 2. The summed E-state index contributed by atoms with van der Waals surface area (Å²) in [6.07, 6.45) is 0. The molecule has 0 bridgehead atoms. The lowest BCUT2D eigenvalue weighted by atomic mass is 9.76. The molecule has 0 radical (unpaired) electrons. The summed E-state index contributed by atoms with van der Waals surface area (Å²) in [5, 5.41) is 21.6. The van der Waals surface area contributed by atoms with Gasteiger partial charge in [0.25, 0.3) is 0 Å². The molecule has 1 aromatic heterocycles. The zero-order valence-electron chi connectivity index (χ0n) is 16.6. The minimum atomic E-state index is -1.60. The van der Waals surface area contributed by atoms with Crippen molar-refractivity contribution in [3.63, 3.8) is 0 Å². The fraction of sp³-hybridized carbons (Fsp3) is 0. The van der Waals surface area contributed by atoms with E-state index in [0.717, 1.165) is 21.9 Å². The van der Waals surface area contributed by atoms with Gasteiger partial charge in [0.2, 0.25) is 0 Å². The molecule has 0 fully saturated rings. The molecular weight excluding hydrogens is 385 g/mol. The summed E-state index contributed by atoms with van der Waals surface area (Å²) < 4.78 is 0. The van der Waals surface area contributed by atoms with Crippen LogP contribution < -0.4 is 5.46 Å². The van der Waals surface area contributed by atoms with Crippen molar-refractivity contribution >= 4 is 23.4 Å². The van der Waals surface area contributed by atoms with E-state index in [9.17, 15) is 10.0 Å². The monoisotopic (exact) mass is 403 g/mol. The lowest BCUT2D eigenvalue weighted by Crippen LogP contribution is -2.30. The maximum atomic E-state index is 9.96. The molecular formula is C25H18BN3O2. The summed E-state index contributed by atoms with van der Waals surface area (Å²) in [4.78, 5) is 14.1. The fourth-order valence-electron chi connectivity index (χ4n) is 3.62. The predicted molar refractivity (Wildman–Crippen MR) is 123 cm³/mol. The number of rotatable bonds is 4. The Morgan fingerprint density at radius 3 is 1.55 bits per heavy atom. The highest BCUT2D eigenvalue weighted by atomic mass is 16.4. The van der Waals surface area contributed by atoms with E-state index in [4.69, 9.17) is 15.0 Å². The number of nitrogens with zero attached hydrogens (tertiary/aromatic N) is 3. The zero-order valence-corrected chi connectivity index (χ0v) is 16.6. The molecule has 0 aliphatic heterocycles. The molecule has 1 heterocycles. The molecule has 0 spiro atoms. The molecule has 2 N–H and O–H groups in total. The number of benzene rings is 4. The first-order valence-electron chi connectivity index (χ1n) is 9.95. The molecule has 0 aliphatic carbocycles.